The molecule has 1 heterocycles. The zero-order valence-electron chi connectivity index (χ0n) is 19.5. The lowest BCUT2D eigenvalue weighted by Gasteiger charge is -2.12. The minimum Gasteiger partial charge on any atom is -0.493 e. The third-order valence-electron chi connectivity index (χ3n) is 5.10. The number of carbonyl (C=O) groups excluding carboxylic acids is 3. The third-order valence-corrected chi connectivity index (χ3v) is 6.31. The molecule has 0 saturated carbocycles. The van der Waals surface area contributed by atoms with Gasteiger partial charge in [0.05, 0.1) is 33.5 Å². The van der Waals surface area contributed by atoms with E-state index in [4.69, 9.17) is 23.7 Å². The molecule has 1 aromatic heterocycles. The number of rotatable bonds is 10. The number of aryl methyl sites for hydroxylation is 1. The van der Waals surface area contributed by atoms with Gasteiger partial charge in [-0.3, -0.25) is 4.79 Å². The fraction of sp³-hybridized carbons (Fsp3) is 0.375. The van der Waals surface area contributed by atoms with Gasteiger partial charge < -0.3 is 29.0 Å². The van der Waals surface area contributed by atoms with Gasteiger partial charge in [-0.15, -0.1) is 11.3 Å². The lowest BCUT2D eigenvalue weighted by molar-refractivity contribution is -0.142. The summed E-state index contributed by atoms with van der Waals surface area (Å²) in [6, 6.07) is 3.34. The van der Waals surface area contributed by atoms with Crippen LogP contribution in [0.15, 0.2) is 18.2 Å². The number of hydrogen-bond donors (Lipinski definition) is 1. The van der Waals surface area contributed by atoms with Gasteiger partial charge in [0.1, 0.15) is 5.00 Å². The second-order valence-corrected chi connectivity index (χ2v) is 8.34. The topological polar surface area (TPSA) is 109 Å². The van der Waals surface area contributed by atoms with E-state index in [9.17, 15) is 14.4 Å². The third kappa shape index (κ3) is 5.69. The summed E-state index contributed by atoms with van der Waals surface area (Å²) < 4.78 is 26.0. The summed E-state index contributed by atoms with van der Waals surface area (Å²) in [5.74, 6) is -0.391. The van der Waals surface area contributed by atoms with Gasteiger partial charge >= 0.3 is 11.9 Å². The molecule has 0 bridgehead atoms. The van der Waals surface area contributed by atoms with Crippen molar-refractivity contribution in [3.8, 4) is 17.2 Å². The van der Waals surface area contributed by atoms with Gasteiger partial charge in [-0.2, -0.15) is 0 Å². The van der Waals surface area contributed by atoms with Crippen LogP contribution in [0.1, 0.15) is 39.7 Å². The van der Waals surface area contributed by atoms with Crippen LogP contribution in [0.25, 0.3) is 6.08 Å². The van der Waals surface area contributed by atoms with Crippen molar-refractivity contribution in [2.45, 2.75) is 26.2 Å². The van der Waals surface area contributed by atoms with E-state index in [1.54, 1.807) is 19.1 Å². The van der Waals surface area contributed by atoms with Crippen molar-refractivity contribution in [2.75, 3.05) is 39.9 Å². The average Bonchev–Trinajstić information content (AvgIpc) is 3.41. The maximum atomic E-state index is 12.4. The fourth-order valence-electron chi connectivity index (χ4n) is 3.62. The quantitative estimate of drug-likeness (QED) is 0.398. The number of anilines is 1. The van der Waals surface area contributed by atoms with Crippen LogP contribution in [0, 0.1) is 0 Å². The number of benzene rings is 1. The summed E-state index contributed by atoms with van der Waals surface area (Å²) >= 11 is 1.36. The molecule has 0 radical (unpaired) electrons. The number of hydrogen-bond acceptors (Lipinski definition) is 9. The smallest absolute Gasteiger partial charge is 0.341 e. The van der Waals surface area contributed by atoms with Crippen LogP contribution in [0.4, 0.5) is 5.00 Å². The number of esters is 2. The minimum atomic E-state index is -0.705. The lowest BCUT2D eigenvalue weighted by atomic mass is 10.1. The van der Waals surface area contributed by atoms with Gasteiger partial charge in [0, 0.05) is 11.0 Å². The van der Waals surface area contributed by atoms with Crippen LogP contribution in [-0.4, -0.2) is 52.4 Å². The highest BCUT2D eigenvalue weighted by Crippen LogP contribution is 2.40. The molecule has 3 rings (SSSR count). The predicted octanol–water partition coefficient (Wildman–Crippen LogP) is 3.63. The Kier molecular flexibility index (Phi) is 8.53. The van der Waals surface area contributed by atoms with E-state index in [1.165, 1.54) is 44.8 Å². The predicted molar refractivity (Wildman–Crippen MR) is 127 cm³/mol. The van der Waals surface area contributed by atoms with Crippen molar-refractivity contribution in [1.29, 1.82) is 0 Å². The van der Waals surface area contributed by atoms with E-state index in [-0.39, 0.29) is 6.61 Å². The van der Waals surface area contributed by atoms with Crippen LogP contribution in [0.5, 0.6) is 17.2 Å². The molecule has 1 amide bonds. The molecule has 10 heteroatoms. The first-order valence-electron chi connectivity index (χ1n) is 10.7. The molecule has 0 unspecified atom stereocenters. The second kappa shape index (κ2) is 11.6. The number of methoxy groups -OCH3 is 3. The summed E-state index contributed by atoms with van der Waals surface area (Å²) in [6.07, 6.45) is 5.31. The Balaban J connectivity index is 1.62. The normalized spacial score (nSPS) is 12.2. The molecular weight excluding hydrogens is 462 g/mol. The molecule has 34 heavy (non-hydrogen) atoms. The maximum Gasteiger partial charge on any atom is 0.341 e. The number of amides is 1. The van der Waals surface area contributed by atoms with Gasteiger partial charge in [-0.1, -0.05) is 0 Å². The van der Waals surface area contributed by atoms with Crippen molar-refractivity contribution in [3.05, 3.63) is 39.8 Å². The van der Waals surface area contributed by atoms with Crippen LogP contribution in [0.3, 0.4) is 0 Å². The van der Waals surface area contributed by atoms with Gasteiger partial charge in [-0.25, -0.2) is 9.59 Å². The van der Waals surface area contributed by atoms with E-state index in [2.05, 4.69) is 5.32 Å². The summed E-state index contributed by atoms with van der Waals surface area (Å²) in [6.45, 7) is 1.48. The monoisotopic (exact) mass is 489 g/mol. The summed E-state index contributed by atoms with van der Waals surface area (Å²) in [5.41, 5.74) is 1.95. The van der Waals surface area contributed by atoms with E-state index in [1.807, 2.05) is 0 Å². The van der Waals surface area contributed by atoms with E-state index >= 15 is 0 Å². The Labute approximate surface area is 201 Å². The highest BCUT2D eigenvalue weighted by atomic mass is 32.1. The zero-order chi connectivity index (χ0) is 24.7. The van der Waals surface area contributed by atoms with Crippen molar-refractivity contribution in [3.63, 3.8) is 0 Å². The van der Waals surface area contributed by atoms with Crippen LogP contribution < -0.4 is 19.5 Å². The Morgan fingerprint density at radius 2 is 1.74 bits per heavy atom. The number of thiophene rings is 1. The zero-order valence-corrected chi connectivity index (χ0v) is 20.3. The highest BCUT2D eigenvalue weighted by Gasteiger charge is 2.28. The van der Waals surface area contributed by atoms with Crippen molar-refractivity contribution in [2.24, 2.45) is 0 Å². The molecule has 0 aliphatic heterocycles. The molecule has 1 aliphatic carbocycles. The first-order chi connectivity index (χ1) is 16.4. The number of fused-ring (bicyclic) bond motifs is 1. The number of carbonyl (C=O) groups is 3. The molecule has 182 valence electrons. The summed E-state index contributed by atoms with van der Waals surface area (Å²) in [4.78, 5) is 38.0. The summed E-state index contributed by atoms with van der Waals surface area (Å²) in [5, 5.41) is 3.11. The molecule has 0 saturated heterocycles. The van der Waals surface area contributed by atoms with Crippen molar-refractivity contribution >= 4 is 40.3 Å². The van der Waals surface area contributed by atoms with Crippen molar-refractivity contribution < 1.29 is 38.1 Å². The Hall–Kier alpha value is -3.53. The average molecular weight is 490 g/mol. The molecule has 9 nitrogen and oxygen atoms in total. The fourth-order valence-corrected chi connectivity index (χ4v) is 4.91. The van der Waals surface area contributed by atoms with Crippen molar-refractivity contribution in [1.82, 2.24) is 0 Å². The minimum absolute atomic E-state index is 0.243. The number of nitrogens with one attached hydrogen (secondary N) is 1. The largest absolute Gasteiger partial charge is 0.493 e. The Bertz CT molecular complexity index is 1080. The van der Waals surface area contributed by atoms with E-state index in [0.29, 0.717) is 33.4 Å². The number of ether oxygens (including phenoxy) is 5. The molecule has 2 aromatic rings. The van der Waals surface area contributed by atoms with E-state index < -0.39 is 24.5 Å². The molecule has 0 fully saturated rings. The Morgan fingerprint density at radius 3 is 2.35 bits per heavy atom. The first kappa shape index (κ1) is 25.1. The van der Waals surface area contributed by atoms with Gasteiger partial charge in [0.25, 0.3) is 5.91 Å². The van der Waals surface area contributed by atoms with E-state index in [0.717, 1.165) is 29.7 Å². The Morgan fingerprint density at radius 1 is 1.03 bits per heavy atom. The maximum absolute atomic E-state index is 12.4. The van der Waals surface area contributed by atoms with Crippen LogP contribution in [-0.2, 0) is 31.9 Å². The molecule has 0 spiro atoms. The van der Waals surface area contributed by atoms with Gasteiger partial charge in [0.15, 0.2) is 18.1 Å². The summed E-state index contributed by atoms with van der Waals surface area (Å²) in [7, 11) is 4.48. The molecule has 1 aliphatic rings. The van der Waals surface area contributed by atoms with Gasteiger partial charge in [-0.05, 0) is 55.5 Å². The second-order valence-electron chi connectivity index (χ2n) is 7.23. The lowest BCUT2D eigenvalue weighted by Crippen LogP contribution is -2.21. The molecule has 1 aromatic carbocycles. The SMILES string of the molecule is CCOC(=O)c1c(NC(=O)COC(=O)C=Cc2cc(OC)c(OC)c(OC)c2)sc2c1CCC2. The van der Waals surface area contributed by atoms with Gasteiger partial charge in [0.2, 0.25) is 5.75 Å². The molecular formula is C24H27NO8S. The van der Waals surface area contributed by atoms with Crippen LogP contribution >= 0.6 is 11.3 Å². The highest BCUT2D eigenvalue weighted by molar-refractivity contribution is 7.17. The molecule has 0 atom stereocenters. The first-order valence-corrected chi connectivity index (χ1v) is 11.5. The standard InChI is InChI=1S/C24H27NO8S/c1-5-32-24(28)21-15-7-6-8-18(15)34-23(21)25-19(26)13-33-20(27)10-9-14-11-16(29-2)22(31-4)17(12-14)30-3/h9-12H,5-8,13H2,1-4H3,(H,25,26). The van der Waals surface area contributed by atoms with Crippen LogP contribution in [0.2, 0.25) is 0 Å². The molecule has 1 N–H and O–H groups in total.